The largest absolute Gasteiger partial charge is 0.302 e. The first-order valence-corrected chi connectivity index (χ1v) is 5.76. The molecule has 0 saturated carbocycles. The van der Waals surface area contributed by atoms with Gasteiger partial charge in [-0.05, 0) is 29.7 Å². The second-order valence-corrected chi connectivity index (χ2v) is 4.59. The summed E-state index contributed by atoms with van der Waals surface area (Å²) in [4.78, 5) is 11.3. The molecule has 0 bridgehead atoms. The van der Waals surface area contributed by atoms with Crippen LogP contribution in [-0.2, 0) is 10.2 Å². The van der Waals surface area contributed by atoms with E-state index >= 15 is 0 Å². The zero-order chi connectivity index (χ0) is 12.3. The van der Waals surface area contributed by atoms with E-state index in [2.05, 4.69) is 30.8 Å². The molecule has 17 heavy (non-hydrogen) atoms. The van der Waals surface area contributed by atoms with Crippen LogP contribution in [0.3, 0.4) is 0 Å². The van der Waals surface area contributed by atoms with Crippen LogP contribution in [0.15, 0.2) is 55.1 Å². The Bertz CT molecular complexity index is 556. The molecule has 2 rings (SSSR count). The number of allylic oxidation sites excluding steroid dienone is 1. The second kappa shape index (κ2) is 4.54. The molecular weight excluding hydrogens is 208 g/mol. The van der Waals surface area contributed by atoms with Crippen molar-refractivity contribution in [1.29, 1.82) is 0 Å². The Morgan fingerprint density at radius 2 is 1.88 bits per heavy atom. The maximum absolute atomic E-state index is 11.3. The molecular formula is C16H16O. The molecule has 1 atom stereocenters. The van der Waals surface area contributed by atoms with E-state index in [1.807, 2.05) is 25.1 Å². The molecule has 0 N–H and O–H groups in total. The van der Waals surface area contributed by atoms with E-state index in [0.717, 1.165) is 11.8 Å². The third kappa shape index (κ3) is 2.14. The number of aldehydes is 1. The van der Waals surface area contributed by atoms with E-state index in [0.29, 0.717) is 6.42 Å². The van der Waals surface area contributed by atoms with E-state index in [1.165, 1.54) is 10.8 Å². The Kier molecular flexibility index (Phi) is 3.10. The van der Waals surface area contributed by atoms with Crippen LogP contribution in [0.2, 0.25) is 0 Å². The number of carbonyl (C=O) groups excluding carboxylic acids is 1. The predicted octanol–water partition coefficient (Wildman–Crippen LogP) is 3.87. The Morgan fingerprint density at radius 3 is 2.53 bits per heavy atom. The maximum Gasteiger partial charge on any atom is 0.130 e. The molecule has 0 heterocycles. The lowest BCUT2D eigenvalue weighted by molar-refractivity contribution is -0.112. The van der Waals surface area contributed by atoms with Crippen LogP contribution in [0.25, 0.3) is 10.8 Å². The number of rotatable bonds is 4. The molecule has 0 saturated heterocycles. The first-order chi connectivity index (χ1) is 8.19. The highest BCUT2D eigenvalue weighted by Crippen LogP contribution is 2.28. The van der Waals surface area contributed by atoms with E-state index in [-0.39, 0.29) is 0 Å². The van der Waals surface area contributed by atoms with E-state index < -0.39 is 5.41 Å². The molecule has 1 heteroatoms. The van der Waals surface area contributed by atoms with Gasteiger partial charge in [-0.1, -0.05) is 48.5 Å². The lowest BCUT2D eigenvalue weighted by Crippen LogP contribution is -2.22. The molecule has 0 aliphatic heterocycles. The number of carbonyl (C=O) groups is 1. The van der Waals surface area contributed by atoms with Crippen LogP contribution in [0.4, 0.5) is 0 Å². The molecule has 0 aliphatic carbocycles. The topological polar surface area (TPSA) is 17.1 Å². The fourth-order valence-corrected chi connectivity index (χ4v) is 2.08. The fraction of sp³-hybridized carbons (Fsp3) is 0.188. The van der Waals surface area contributed by atoms with Gasteiger partial charge in [0.15, 0.2) is 0 Å². The van der Waals surface area contributed by atoms with Crippen LogP contribution in [-0.4, -0.2) is 6.29 Å². The summed E-state index contributed by atoms with van der Waals surface area (Å²) in [5.41, 5.74) is 0.581. The van der Waals surface area contributed by atoms with Crippen molar-refractivity contribution in [3.63, 3.8) is 0 Å². The predicted molar refractivity (Wildman–Crippen MR) is 72.2 cm³/mol. The van der Waals surface area contributed by atoms with Crippen molar-refractivity contribution in [1.82, 2.24) is 0 Å². The van der Waals surface area contributed by atoms with Crippen molar-refractivity contribution in [2.45, 2.75) is 18.8 Å². The Labute approximate surface area is 102 Å². The van der Waals surface area contributed by atoms with Crippen molar-refractivity contribution >= 4 is 17.1 Å². The summed E-state index contributed by atoms with van der Waals surface area (Å²) in [6.07, 6.45) is 3.47. The minimum Gasteiger partial charge on any atom is -0.302 e. The molecule has 0 radical (unpaired) electrons. The number of hydrogen-bond acceptors (Lipinski definition) is 1. The summed E-state index contributed by atoms with van der Waals surface area (Å²) < 4.78 is 0. The Morgan fingerprint density at radius 1 is 1.18 bits per heavy atom. The van der Waals surface area contributed by atoms with Gasteiger partial charge < -0.3 is 4.79 Å². The van der Waals surface area contributed by atoms with Gasteiger partial charge in [-0.2, -0.15) is 0 Å². The smallest absolute Gasteiger partial charge is 0.130 e. The maximum atomic E-state index is 11.3. The molecule has 0 aliphatic rings. The molecule has 0 unspecified atom stereocenters. The van der Waals surface area contributed by atoms with Crippen LogP contribution in [0.1, 0.15) is 18.9 Å². The molecule has 1 nitrogen and oxygen atoms in total. The highest BCUT2D eigenvalue weighted by molar-refractivity contribution is 5.84. The van der Waals surface area contributed by atoms with Crippen LogP contribution in [0, 0.1) is 0 Å². The second-order valence-electron chi connectivity index (χ2n) is 4.59. The monoisotopic (exact) mass is 224 g/mol. The molecule has 0 amide bonds. The van der Waals surface area contributed by atoms with Crippen LogP contribution >= 0.6 is 0 Å². The highest BCUT2D eigenvalue weighted by atomic mass is 16.1. The van der Waals surface area contributed by atoms with Gasteiger partial charge in [0.2, 0.25) is 0 Å². The first-order valence-electron chi connectivity index (χ1n) is 5.76. The quantitative estimate of drug-likeness (QED) is 0.569. The SMILES string of the molecule is C=CC[C@@](C)(C=O)c1ccc2ccccc2c1. The zero-order valence-electron chi connectivity index (χ0n) is 10.0. The summed E-state index contributed by atoms with van der Waals surface area (Å²) in [5.74, 6) is 0. The molecule has 2 aromatic carbocycles. The summed E-state index contributed by atoms with van der Waals surface area (Å²) in [5, 5.41) is 2.37. The average molecular weight is 224 g/mol. The van der Waals surface area contributed by atoms with Gasteiger partial charge in [0.25, 0.3) is 0 Å². The van der Waals surface area contributed by atoms with Gasteiger partial charge in [0.1, 0.15) is 6.29 Å². The first kappa shape index (κ1) is 11.6. The molecule has 0 aromatic heterocycles. The zero-order valence-corrected chi connectivity index (χ0v) is 10.0. The van der Waals surface area contributed by atoms with Gasteiger partial charge in [-0.25, -0.2) is 0 Å². The summed E-state index contributed by atoms with van der Waals surface area (Å²) in [7, 11) is 0. The van der Waals surface area contributed by atoms with Crippen molar-refractivity contribution in [2.24, 2.45) is 0 Å². The van der Waals surface area contributed by atoms with E-state index in [4.69, 9.17) is 0 Å². The molecule has 0 fully saturated rings. The minimum absolute atomic E-state index is 0.466. The van der Waals surface area contributed by atoms with E-state index in [9.17, 15) is 4.79 Å². The van der Waals surface area contributed by atoms with E-state index in [1.54, 1.807) is 6.08 Å². The van der Waals surface area contributed by atoms with Gasteiger partial charge in [0.05, 0.1) is 5.41 Å². The van der Waals surface area contributed by atoms with Crippen molar-refractivity contribution in [3.8, 4) is 0 Å². The number of fused-ring (bicyclic) bond motifs is 1. The third-order valence-corrected chi connectivity index (χ3v) is 3.24. The standard InChI is InChI=1S/C16H16O/c1-3-10-16(2,12-17)15-9-8-13-6-4-5-7-14(13)11-15/h3-9,11-12H,1,10H2,2H3/t16-/m0/s1. The highest BCUT2D eigenvalue weighted by Gasteiger charge is 2.24. The van der Waals surface area contributed by atoms with Crippen LogP contribution in [0.5, 0.6) is 0 Å². The van der Waals surface area contributed by atoms with Gasteiger partial charge in [-0.3, -0.25) is 0 Å². The van der Waals surface area contributed by atoms with Gasteiger partial charge >= 0.3 is 0 Å². The van der Waals surface area contributed by atoms with Gasteiger partial charge in [-0.15, -0.1) is 6.58 Å². The van der Waals surface area contributed by atoms with Crippen LogP contribution < -0.4 is 0 Å². The molecule has 2 aromatic rings. The fourth-order valence-electron chi connectivity index (χ4n) is 2.08. The summed E-state index contributed by atoms with van der Waals surface area (Å²) >= 11 is 0. The summed E-state index contributed by atoms with van der Waals surface area (Å²) in [6.45, 7) is 5.67. The van der Waals surface area contributed by atoms with Crippen molar-refractivity contribution in [2.75, 3.05) is 0 Å². The summed E-state index contributed by atoms with van der Waals surface area (Å²) in [6, 6.07) is 14.4. The average Bonchev–Trinajstić information content (AvgIpc) is 2.38. The Hall–Kier alpha value is -1.89. The minimum atomic E-state index is -0.466. The van der Waals surface area contributed by atoms with Gasteiger partial charge in [0, 0.05) is 0 Å². The third-order valence-electron chi connectivity index (χ3n) is 3.24. The number of benzene rings is 2. The lowest BCUT2D eigenvalue weighted by atomic mass is 9.80. The van der Waals surface area contributed by atoms with Crippen molar-refractivity contribution < 1.29 is 4.79 Å². The molecule has 0 spiro atoms. The number of hydrogen-bond donors (Lipinski definition) is 0. The lowest BCUT2D eigenvalue weighted by Gasteiger charge is -2.22. The van der Waals surface area contributed by atoms with Crippen molar-refractivity contribution in [3.05, 3.63) is 60.7 Å². The Balaban J connectivity index is 2.55. The molecule has 86 valence electrons. The normalized spacial score (nSPS) is 14.2.